The number of hydrogen-bond donors (Lipinski definition) is 2. The molecule has 0 amide bonds. The Morgan fingerprint density at radius 2 is 2.31 bits per heavy atom. The Bertz CT molecular complexity index is 336. The standard InChI is InChI=1S/C9H11FN2O/c1-2-6-3-4-7(8(10)5-6)9(11)12-13/h3-5,13H,2H2,1H3,(H2,11,12). The van der Waals surface area contributed by atoms with E-state index < -0.39 is 5.82 Å². The van der Waals surface area contributed by atoms with E-state index in [-0.39, 0.29) is 11.4 Å². The highest BCUT2D eigenvalue weighted by molar-refractivity contribution is 5.97. The maximum Gasteiger partial charge on any atom is 0.173 e. The Hall–Kier alpha value is -1.58. The van der Waals surface area contributed by atoms with Crippen LogP contribution in [0.2, 0.25) is 0 Å². The first-order valence-corrected chi connectivity index (χ1v) is 3.95. The maximum absolute atomic E-state index is 13.2. The van der Waals surface area contributed by atoms with Crippen molar-refractivity contribution in [2.24, 2.45) is 10.9 Å². The molecule has 0 bridgehead atoms. The molecule has 1 rings (SSSR count). The number of nitrogens with zero attached hydrogens (tertiary/aromatic N) is 1. The summed E-state index contributed by atoms with van der Waals surface area (Å²) in [5.74, 6) is -0.671. The van der Waals surface area contributed by atoms with E-state index in [1.165, 1.54) is 12.1 Å². The highest BCUT2D eigenvalue weighted by atomic mass is 19.1. The minimum atomic E-state index is -0.463. The predicted molar refractivity (Wildman–Crippen MR) is 48.3 cm³/mol. The third kappa shape index (κ3) is 1.96. The molecule has 0 atom stereocenters. The molecule has 1 aromatic carbocycles. The molecule has 0 fully saturated rings. The summed E-state index contributed by atoms with van der Waals surface area (Å²) in [6.45, 7) is 1.93. The molecule has 13 heavy (non-hydrogen) atoms. The second kappa shape index (κ2) is 3.89. The molecule has 1 aromatic rings. The number of rotatable bonds is 2. The highest BCUT2D eigenvalue weighted by Gasteiger charge is 2.06. The molecule has 0 radical (unpaired) electrons. The molecule has 0 aromatic heterocycles. The summed E-state index contributed by atoms with van der Waals surface area (Å²) >= 11 is 0. The SMILES string of the molecule is CCc1ccc(/C(N)=N/O)c(F)c1. The van der Waals surface area contributed by atoms with Crippen LogP contribution >= 0.6 is 0 Å². The van der Waals surface area contributed by atoms with Crippen molar-refractivity contribution in [2.45, 2.75) is 13.3 Å². The molecule has 0 heterocycles. The van der Waals surface area contributed by atoms with Gasteiger partial charge in [0.15, 0.2) is 5.84 Å². The molecular formula is C9H11FN2O. The van der Waals surface area contributed by atoms with Gasteiger partial charge in [-0.05, 0) is 24.1 Å². The minimum absolute atomic E-state index is 0.125. The lowest BCUT2D eigenvalue weighted by atomic mass is 10.1. The largest absolute Gasteiger partial charge is 0.409 e. The number of aryl methyl sites for hydroxylation is 1. The van der Waals surface area contributed by atoms with Crippen LogP contribution in [0.5, 0.6) is 0 Å². The van der Waals surface area contributed by atoms with Crippen molar-refractivity contribution in [3.8, 4) is 0 Å². The highest BCUT2D eigenvalue weighted by Crippen LogP contribution is 2.10. The molecule has 3 nitrogen and oxygen atoms in total. The first-order valence-electron chi connectivity index (χ1n) is 3.95. The average molecular weight is 182 g/mol. The van der Waals surface area contributed by atoms with Crippen LogP contribution in [-0.2, 0) is 6.42 Å². The van der Waals surface area contributed by atoms with E-state index >= 15 is 0 Å². The summed E-state index contributed by atoms with van der Waals surface area (Å²) in [7, 11) is 0. The van der Waals surface area contributed by atoms with E-state index in [2.05, 4.69) is 5.16 Å². The Morgan fingerprint density at radius 1 is 1.62 bits per heavy atom. The summed E-state index contributed by atoms with van der Waals surface area (Å²) in [6, 6.07) is 4.63. The zero-order valence-corrected chi connectivity index (χ0v) is 7.29. The zero-order valence-electron chi connectivity index (χ0n) is 7.29. The van der Waals surface area contributed by atoms with Crippen molar-refractivity contribution in [1.29, 1.82) is 0 Å². The Balaban J connectivity index is 3.12. The van der Waals surface area contributed by atoms with Gasteiger partial charge in [0.25, 0.3) is 0 Å². The smallest absolute Gasteiger partial charge is 0.173 e. The van der Waals surface area contributed by atoms with Crippen molar-refractivity contribution in [2.75, 3.05) is 0 Å². The molecule has 70 valence electrons. The van der Waals surface area contributed by atoms with Gasteiger partial charge in [0, 0.05) is 0 Å². The Kier molecular flexibility index (Phi) is 2.84. The number of benzene rings is 1. The molecule has 4 heteroatoms. The van der Waals surface area contributed by atoms with Gasteiger partial charge in [0.1, 0.15) is 5.82 Å². The van der Waals surface area contributed by atoms with Gasteiger partial charge >= 0.3 is 0 Å². The lowest BCUT2D eigenvalue weighted by Gasteiger charge is -2.02. The lowest BCUT2D eigenvalue weighted by Crippen LogP contribution is -2.15. The molecule has 0 aliphatic heterocycles. The summed E-state index contributed by atoms with van der Waals surface area (Å²) < 4.78 is 13.2. The monoisotopic (exact) mass is 182 g/mol. The molecule has 0 spiro atoms. The third-order valence-corrected chi connectivity index (χ3v) is 1.83. The van der Waals surface area contributed by atoms with Gasteiger partial charge in [-0.15, -0.1) is 0 Å². The second-order valence-electron chi connectivity index (χ2n) is 2.65. The number of amidine groups is 1. The van der Waals surface area contributed by atoms with Crippen molar-refractivity contribution in [3.63, 3.8) is 0 Å². The van der Waals surface area contributed by atoms with E-state index in [9.17, 15) is 4.39 Å². The van der Waals surface area contributed by atoms with Crippen molar-refractivity contribution in [3.05, 3.63) is 35.1 Å². The number of oxime groups is 1. The van der Waals surface area contributed by atoms with Crippen LogP contribution in [0.25, 0.3) is 0 Å². The van der Waals surface area contributed by atoms with E-state index in [1.54, 1.807) is 6.07 Å². The number of hydrogen-bond acceptors (Lipinski definition) is 2. The number of halogens is 1. The lowest BCUT2D eigenvalue weighted by molar-refractivity contribution is 0.318. The van der Waals surface area contributed by atoms with Crippen LogP contribution in [0.3, 0.4) is 0 Å². The predicted octanol–water partition coefficient (Wildman–Crippen LogP) is 1.48. The first-order chi connectivity index (χ1) is 6.19. The fourth-order valence-corrected chi connectivity index (χ4v) is 1.04. The van der Waals surface area contributed by atoms with E-state index in [1.807, 2.05) is 6.92 Å². The van der Waals surface area contributed by atoms with Crippen LogP contribution < -0.4 is 5.73 Å². The molecule has 0 aliphatic rings. The molecular weight excluding hydrogens is 171 g/mol. The van der Waals surface area contributed by atoms with Gasteiger partial charge < -0.3 is 10.9 Å². The van der Waals surface area contributed by atoms with Crippen LogP contribution in [0.1, 0.15) is 18.1 Å². The third-order valence-electron chi connectivity index (χ3n) is 1.83. The van der Waals surface area contributed by atoms with E-state index in [0.717, 1.165) is 12.0 Å². The van der Waals surface area contributed by atoms with Crippen molar-refractivity contribution >= 4 is 5.84 Å². The fraction of sp³-hybridized carbons (Fsp3) is 0.222. The first kappa shape index (κ1) is 9.51. The maximum atomic E-state index is 13.2. The molecule has 0 aliphatic carbocycles. The van der Waals surface area contributed by atoms with Crippen LogP contribution in [-0.4, -0.2) is 11.0 Å². The van der Waals surface area contributed by atoms with Crippen LogP contribution in [0.4, 0.5) is 4.39 Å². The van der Waals surface area contributed by atoms with Crippen LogP contribution in [0, 0.1) is 5.82 Å². The minimum Gasteiger partial charge on any atom is -0.409 e. The van der Waals surface area contributed by atoms with Gasteiger partial charge in [-0.2, -0.15) is 0 Å². The molecule has 0 saturated carbocycles. The normalized spacial score (nSPS) is 11.7. The quantitative estimate of drug-likeness (QED) is 0.315. The van der Waals surface area contributed by atoms with E-state index in [0.29, 0.717) is 0 Å². The fourth-order valence-electron chi connectivity index (χ4n) is 1.04. The van der Waals surface area contributed by atoms with Gasteiger partial charge in [0.2, 0.25) is 0 Å². The Morgan fingerprint density at radius 3 is 2.77 bits per heavy atom. The second-order valence-corrected chi connectivity index (χ2v) is 2.65. The summed E-state index contributed by atoms with van der Waals surface area (Å²) in [6.07, 6.45) is 0.757. The number of nitrogens with two attached hydrogens (primary N) is 1. The molecule has 0 saturated heterocycles. The van der Waals surface area contributed by atoms with Crippen molar-refractivity contribution < 1.29 is 9.60 Å². The van der Waals surface area contributed by atoms with Crippen LogP contribution in [0.15, 0.2) is 23.4 Å². The summed E-state index contributed by atoms with van der Waals surface area (Å²) in [5.41, 5.74) is 6.25. The van der Waals surface area contributed by atoms with Gasteiger partial charge in [-0.3, -0.25) is 0 Å². The van der Waals surface area contributed by atoms with Gasteiger partial charge in [-0.25, -0.2) is 4.39 Å². The van der Waals surface area contributed by atoms with Gasteiger partial charge in [0.05, 0.1) is 5.56 Å². The summed E-state index contributed by atoms with van der Waals surface area (Å²) in [5, 5.41) is 11.1. The van der Waals surface area contributed by atoms with Gasteiger partial charge in [-0.1, -0.05) is 18.1 Å². The average Bonchev–Trinajstić information content (AvgIpc) is 2.16. The molecule has 3 N–H and O–H groups in total. The van der Waals surface area contributed by atoms with Crippen molar-refractivity contribution in [1.82, 2.24) is 0 Å². The topological polar surface area (TPSA) is 58.6 Å². The van der Waals surface area contributed by atoms with E-state index in [4.69, 9.17) is 10.9 Å². The summed E-state index contributed by atoms with van der Waals surface area (Å²) in [4.78, 5) is 0. The Labute approximate surface area is 75.7 Å². The molecule has 0 unspecified atom stereocenters. The zero-order chi connectivity index (χ0) is 9.84.